The highest BCUT2D eigenvalue weighted by Gasteiger charge is 2.32. The Labute approximate surface area is 231 Å². The second-order valence-corrected chi connectivity index (χ2v) is 10.6. The van der Waals surface area contributed by atoms with Crippen LogP contribution in [-0.2, 0) is 30.9 Å². The zero-order chi connectivity index (χ0) is 28.5. The van der Waals surface area contributed by atoms with Crippen molar-refractivity contribution in [3.8, 4) is 23.0 Å². The van der Waals surface area contributed by atoms with E-state index in [-0.39, 0.29) is 49.9 Å². The second kappa shape index (κ2) is 11.3. The van der Waals surface area contributed by atoms with Gasteiger partial charge in [-0.1, -0.05) is 11.6 Å². The number of hydrogen-bond donors (Lipinski definition) is 1. The summed E-state index contributed by atoms with van der Waals surface area (Å²) < 4.78 is 43.0. The van der Waals surface area contributed by atoms with Crippen LogP contribution in [0, 0.1) is 5.82 Å². The van der Waals surface area contributed by atoms with Crippen LogP contribution in [0.1, 0.15) is 49.4 Å². The maximum absolute atomic E-state index is 15.2. The van der Waals surface area contributed by atoms with Gasteiger partial charge >= 0.3 is 12.2 Å². The van der Waals surface area contributed by atoms with Crippen LogP contribution in [0.25, 0.3) is 0 Å². The number of amides is 2. The van der Waals surface area contributed by atoms with Crippen LogP contribution in [0.5, 0.6) is 23.0 Å². The van der Waals surface area contributed by atoms with Gasteiger partial charge in [0, 0.05) is 25.1 Å². The molecule has 2 aliphatic heterocycles. The molecule has 12 heteroatoms. The Kier molecular flexibility index (Phi) is 8.20. The van der Waals surface area contributed by atoms with E-state index in [0.717, 1.165) is 16.0 Å². The van der Waals surface area contributed by atoms with E-state index in [1.54, 1.807) is 17.0 Å². The molecule has 0 fully saturated rings. The van der Waals surface area contributed by atoms with Crippen molar-refractivity contribution >= 4 is 23.8 Å². The fourth-order valence-electron chi connectivity index (χ4n) is 4.49. The van der Waals surface area contributed by atoms with Crippen LogP contribution < -0.4 is 18.9 Å². The second-order valence-electron chi connectivity index (χ2n) is 10.2. The number of benzene rings is 2. The molecular weight excluding hydrogens is 535 g/mol. The van der Waals surface area contributed by atoms with Gasteiger partial charge in [0.25, 0.3) is 0 Å². The van der Waals surface area contributed by atoms with Crippen molar-refractivity contribution in [1.29, 1.82) is 0 Å². The van der Waals surface area contributed by atoms with Gasteiger partial charge in [0.1, 0.15) is 5.60 Å². The monoisotopic (exact) mass is 566 g/mol. The first-order valence-corrected chi connectivity index (χ1v) is 12.8. The van der Waals surface area contributed by atoms with E-state index < -0.39 is 23.6 Å². The average molecular weight is 567 g/mol. The quantitative estimate of drug-likeness (QED) is 0.412. The number of carboxylic acid groups (broad SMARTS) is 1. The highest BCUT2D eigenvalue weighted by atomic mass is 35.5. The molecular formula is C27H32ClFN2O8. The van der Waals surface area contributed by atoms with Gasteiger partial charge in [-0.25, -0.2) is 14.0 Å². The molecule has 0 aliphatic carbocycles. The Morgan fingerprint density at radius 3 is 2.05 bits per heavy atom. The molecule has 1 N–H and O–H groups in total. The summed E-state index contributed by atoms with van der Waals surface area (Å²) in [7, 11) is 2.90. The van der Waals surface area contributed by atoms with Crippen molar-refractivity contribution in [2.75, 3.05) is 27.4 Å². The van der Waals surface area contributed by atoms with Crippen molar-refractivity contribution in [2.45, 2.75) is 59.0 Å². The van der Waals surface area contributed by atoms with Crippen molar-refractivity contribution < 1.29 is 42.8 Å². The number of fused-ring (bicyclic) bond motifs is 2. The third kappa shape index (κ3) is 6.03. The van der Waals surface area contributed by atoms with Crippen LogP contribution in [0.15, 0.2) is 12.1 Å². The smallest absolute Gasteiger partial charge is 0.410 e. The first-order chi connectivity index (χ1) is 18.4. The zero-order valence-electron chi connectivity index (χ0n) is 22.6. The lowest BCUT2D eigenvalue weighted by Gasteiger charge is -2.24. The Morgan fingerprint density at radius 1 is 0.923 bits per heavy atom. The normalized spacial score (nSPS) is 14.1. The van der Waals surface area contributed by atoms with Crippen LogP contribution in [0.4, 0.5) is 14.0 Å². The van der Waals surface area contributed by atoms with Crippen molar-refractivity contribution in [2.24, 2.45) is 0 Å². The van der Waals surface area contributed by atoms with Gasteiger partial charge in [0.15, 0.2) is 28.8 Å². The van der Waals surface area contributed by atoms with Crippen LogP contribution >= 0.6 is 11.6 Å². The molecule has 2 aromatic rings. The maximum atomic E-state index is 15.2. The number of hydrogen-bond acceptors (Lipinski definition) is 7. The molecule has 2 aromatic carbocycles. The number of halogens is 2. The van der Waals surface area contributed by atoms with E-state index in [2.05, 4.69) is 0 Å². The first-order valence-electron chi connectivity index (χ1n) is 12.4. The van der Waals surface area contributed by atoms with Gasteiger partial charge < -0.3 is 28.8 Å². The molecule has 2 aliphatic rings. The van der Waals surface area contributed by atoms with Gasteiger partial charge in [0.05, 0.1) is 45.5 Å². The molecule has 2 heterocycles. The number of ether oxygens (including phenoxy) is 5. The lowest BCUT2D eigenvalue weighted by atomic mass is 10.1. The fraction of sp³-hybridized carbons (Fsp3) is 0.481. The number of nitrogens with zero attached hydrogens (tertiary/aromatic N) is 2. The molecule has 212 valence electrons. The van der Waals surface area contributed by atoms with Crippen molar-refractivity contribution in [3.05, 3.63) is 45.2 Å². The number of carbonyl (C=O) groups excluding carboxylic acids is 1. The first kappa shape index (κ1) is 28.4. The molecule has 4 rings (SSSR count). The molecule has 2 amide bonds. The van der Waals surface area contributed by atoms with E-state index in [4.69, 9.17) is 35.3 Å². The summed E-state index contributed by atoms with van der Waals surface area (Å²) in [4.78, 5) is 26.5. The average Bonchev–Trinajstić information content (AvgIpc) is 3.50. The van der Waals surface area contributed by atoms with E-state index in [0.29, 0.717) is 35.1 Å². The SMILES string of the molecule is COc1cc2c(c(F)c1OCCCOc1c(OC)cc3c(c1Cl)CN(C(=O)OC(C)(C)C)C3)CN(C(=O)O)C2. The van der Waals surface area contributed by atoms with E-state index in [1.165, 1.54) is 14.2 Å². The van der Waals surface area contributed by atoms with E-state index in [9.17, 15) is 14.7 Å². The van der Waals surface area contributed by atoms with E-state index in [1.807, 2.05) is 20.8 Å². The summed E-state index contributed by atoms with van der Waals surface area (Å²) in [5.74, 6) is 0.266. The fourth-order valence-corrected chi connectivity index (χ4v) is 4.82. The molecule has 10 nitrogen and oxygen atoms in total. The predicted octanol–water partition coefficient (Wildman–Crippen LogP) is 5.59. The number of rotatable bonds is 8. The van der Waals surface area contributed by atoms with Crippen LogP contribution in [0.2, 0.25) is 5.02 Å². The maximum Gasteiger partial charge on any atom is 0.410 e. The minimum absolute atomic E-state index is 0.0536. The summed E-state index contributed by atoms with van der Waals surface area (Å²) in [6.07, 6.45) is -1.18. The van der Waals surface area contributed by atoms with Crippen LogP contribution in [0.3, 0.4) is 0 Å². The third-order valence-electron chi connectivity index (χ3n) is 6.33. The van der Waals surface area contributed by atoms with Gasteiger partial charge in [-0.05, 0) is 49.6 Å². The zero-order valence-corrected chi connectivity index (χ0v) is 23.3. The standard InChI is InChI=1S/C27H32ClFN2O8/c1-27(2,3)39-26(34)31-12-15-9-19(35-4)23(21(28)17(15)13-31)37-7-6-8-38-24-20(36-5)10-16-11-30(25(32)33)14-18(16)22(24)29/h9-10H,6-8,11-14H2,1-5H3,(H,32,33). The summed E-state index contributed by atoms with van der Waals surface area (Å²) in [6.45, 7) is 6.37. The largest absolute Gasteiger partial charge is 0.493 e. The van der Waals surface area contributed by atoms with Crippen LogP contribution in [-0.4, -0.2) is 60.1 Å². The van der Waals surface area contributed by atoms with Crippen molar-refractivity contribution in [1.82, 2.24) is 9.80 Å². The minimum Gasteiger partial charge on any atom is -0.493 e. The van der Waals surface area contributed by atoms with Gasteiger partial charge in [-0.3, -0.25) is 9.80 Å². The number of methoxy groups -OCH3 is 2. The Balaban J connectivity index is 1.38. The highest BCUT2D eigenvalue weighted by Crippen LogP contribution is 2.43. The molecule has 0 saturated heterocycles. The van der Waals surface area contributed by atoms with Gasteiger partial charge in [-0.2, -0.15) is 0 Å². The summed E-state index contributed by atoms with van der Waals surface area (Å²) >= 11 is 6.67. The molecule has 0 atom stereocenters. The molecule has 0 bridgehead atoms. The van der Waals surface area contributed by atoms with Crippen molar-refractivity contribution in [3.63, 3.8) is 0 Å². The molecule has 0 spiro atoms. The van der Waals surface area contributed by atoms with E-state index >= 15 is 4.39 Å². The highest BCUT2D eigenvalue weighted by molar-refractivity contribution is 6.33. The molecule has 39 heavy (non-hydrogen) atoms. The predicted molar refractivity (Wildman–Crippen MR) is 139 cm³/mol. The van der Waals surface area contributed by atoms with Gasteiger partial charge in [-0.15, -0.1) is 0 Å². The molecule has 0 unspecified atom stereocenters. The topological polar surface area (TPSA) is 107 Å². The Bertz CT molecular complexity index is 1280. The Hall–Kier alpha value is -3.60. The molecule has 0 radical (unpaired) electrons. The summed E-state index contributed by atoms with van der Waals surface area (Å²) in [5, 5.41) is 9.59. The molecule has 0 saturated carbocycles. The Morgan fingerprint density at radius 2 is 1.46 bits per heavy atom. The van der Waals surface area contributed by atoms with Gasteiger partial charge in [0.2, 0.25) is 0 Å². The lowest BCUT2D eigenvalue weighted by molar-refractivity contribution is 0.0241. The summed E-state index contributed by atoms with van der Waals surface area (Å²) in [6, 6.07) is 3.39. The minimum atomic E-state index is -1.12. The third-order valence-corrected chi connectivity index (χ3v) is 6.73. The summed E-state index contributed by atoms with van der Waals surface area (Å²) in [5.41, 5.74) is 1.81. The number of carbonyl (C=O) groups is 2. The lowest BCUT2D eigenvalue weighted by Crippen LogP contribution is -2.33. The molecule has 0 aromatic heterocycles.